The summed E-state index contributed by atoms with van der Waals surface area (Å²) < 4.78 is 32.6. The number of carbonyl (C=O) groups is 3. The average molecular weight is 435 g/mol. The van der Waals surface area contributed by atoms with Crippen molar-refractivity contribution in [1.29, 1.82) is 0 Å². The van der Waals surface area contributed by atoms with Crippen LogP contribution in [0.2, 0.25) is 0 Å². The monoisotopic (exact) mass is 435 g/mol. The fraction of sp³-hybridized carbons (Fsp3) is 0.476. The molecule has 0 aromatic heterocycles. The van der Waals surface area contributed by atoms with Crippen LogP contribution in [0.4, 0.5) is 8.78 Å². The highest BCUT2D eigenvalue weighted by Crippen LogP contribution is 2.34. The summed E-state index contributed by atoms with van der Waals surface area (Å²) in [7, 11) is 0. The van der Waals surface area contributed by atoms with Gasteiger partial charge in [-0.1, -0.05) is 19.9 Å². The maximum atomic E-state index is 13.8. The number of fused-ring (bicyclic) bond motifs is 2. The molecule has 2 saturated heterocycles. The van der Waals surface area contributed by atoms with Gasteiger partial charge in [0.15, 0.2) is 12.0 Å². The average Bonchev–Trinajstić information content (AvgIpc) is 3.14. The number of hydrogen-bond acceptors (Lipinski definition) is 6. The molecular formula is C21H23F2N3O5. The van der Waals surface area contributed by atoms with E-state index in [9.17, 15) is 28.3 Å². The van der Waals surface area contributed by atoms with Crippen LogP contribution in [0.3, 0.4) is 0 Å². The first kappa shape index (κ1) is 21.2. The van der Waals surface area contributed by atoms with Crippen molar-refractivity contribution in [2.45, 2.75) is 32.7 Å². The first-order valence-electron chi connectivity index (χ1n) is 10.1. The zero-order chi connectivity index (χ0) is 22.4. The van der Waals surface area contributed by atoms with E-state index < -0.39 is 47.1 Å². The smallest absolute Gasteiger partial charge is 0.276 e. The third kappa shape index (κ3) is 3.65. The van der Waals surface area contributed by atoms with Gasteiger partial charge in [-0.05, 0) is 12.0 Å². The molecule has 2 N–H and O–H groups in total. The standard InChI is InChI=1S/C21H23F2N3O5/c1-10(2)15-9-31-16-8-25-7-13(18(27)19(28)17(25)21(30)26(15)16)20(29)24-6-11-3-4-12(22)5-14(11)23/h3-5,10,13,15-16,28H,6-9H2,1-2H3,(H,24,29)/t13?,15-,16-/m0/s1. The van der Waals surface area contributed by atoms with Gasteiger partial charge in [0.2, 0.25) is 11.7 Å². The van der Waals surface area contributed by atoms with E-state index in [2.05, 4.69) is 5.32 Å². The van der Waals surface area contributed by atoms with Crippen molar-refractivity contribution in [3.63, 3.8) is 0 Å². The van der Waals surface area contributed by atoms with Gasteiger partial charge >= 0.3 is 0 Å². The number of halogens is 2. The number of amides is 2. The van der Waals surface area contributed by atoms with Gasteiger partial charge in [-0.25, -0.2) is 8.78 Å². The molecule has 3 aliphatic heterocycles. The fourth-order valence-corrected chi connectivity index (χ4v) is 4.23. The molecule has 2 fully saturated rings. The summed E-state index contributed by atoms with van der Waals surface area (Å²) in [6.07, 6.45) is -0.526. The Morgan fingerprint density at radius 3 is 2.71 bits per heavy atom. The second-order valence-electron chi connectivity index (χ2n) is 8.28. The Morgan fingerprint density at radius 2 is 2.03 bits per heavy atom. The molecule has 0 radical (unpaired) electrons. The third-order valence-electron chi connectivity index (χ3n) is 5.99. The molecule has 0 saturated carbocycles. The van der Waals surface area contributed by atoms with Crippen LogP contribution in [0.1, 0.15) is 19.4 Å². The normalized spacial score (nSPS) is 25.8. The second-order valence-corrected chi connectivity index (χ2v) is 8.28. The fourth-order valence-electron chi connectivity index (χ4n) is 4.23. The summed E-state index contributed by atoms with van der Waals surface area (Å²) in [5.74, 6) is -5.53. The summed E-state index contributed by atoms with van der Waals surface area (Å²) >= 11 is 0. The van der Waals surface area contributed by atoms with Crippen LogP contribution in [0.5, 0.6) is 0 Å². The minimum atomic E-state index is -1.27. The van der Waals surface area contributed by atoms with E-state index >= 15 is 0 Å². The Morgan fingerprint density at radius 1 is 1.29 bits per heavy atom. The van der Waals surface area contributed by atoms with Gasteiger partial charge in [0, 0.05) is 24.7 Å². The molecule has 1 unspecified atom stereocenters. The molecule has 10 heteroatoms. The van der Waals surface area contributed by atoms with Crippen LogP contribution in [-0.4, -0.2) is 64.5 Å². The Hall–Kier alpha value is -3.01. The van der Waals surface area contributed by atoms with Gasteiger partial charge in [0.25, 0.3) is 5.91 Å². The van der Waals surface area contributed by atoms with Crippen molar-refractivity contribution in [2.24, 2.45) is 11.8 Å². The number of aliphatic hydroxyl groups excluding tert-OH is 1. The zero-order valence-corrected chi connectivity index (χ0v) is 17.1. The summed E-state index contributed by atoms with van der Waals surface area (Å²) in [5, 5.41) is 12.9. The molecule has 2 amide bonds. The number of rotatable bonds is 4. The van der Waals surface area contributed by atoms with Crippen molar-refractivity contribution in [3.05, 3.63) is 46.9 Å². The van der Waals surface area contributed by atoms with E-state index in [0.717, 1.165) is 6.07 Å². The molecule has 8 nitrogen and oxygen atoms in total. The topological polar surface area (TPSA) is 99.2 Å². The minimum Gasteiger partial charge on any atom is -0.503 e. The van der Waals surface area contributed by atoms with E-state index in [1.54, 1.807) is 4.90 Å². The first-order chi connectivity index (χ1) is 14.7. The van der Waals surface area contributed by atoms with Crippen molar-refractivity contribution >= 4 is 17.6 Å². The second kappa shape index (κ2) is 7.92. The number of carbonyl (C=O) groups excluding carboxylic acids is 3. The summed E-state index contributed by atoms with van der Waals surface area (Å²) in [6.45, 7) is 4.14. The minimum absolute atomic E-state index is 0.0568. The maximum Gasteiger partial charge on any atom is 0.276 e. The molecule has 1 aromatic carbocycles. The van der Waals surface area contributed by atoms with Crippen LogP contribution in [0.25, 0.3) is 0 Å². The van der Waals surface area contributed by atoms with Crippen molar-refractivity contribution < 1.29 is 33.0 Å². The number of Topliss-reactive ketones (excluding diaryl/α,β-unsaturated/α-hetero) is 1. The lowest BCUT2D eigenvalue weighted by molar-refractivity contribution is -0.148. The maximum absolute atomic E-state index is 13.8. The van der Waals surface area contributed by atoms with Crippen LogP contribution < -0.4 is 5.32 Å². The first-order valence-corrected chi connectivity index (χ1v) is 10.1. The van der Waals surface area contributed by atoms with Gasteiger partial charge in [-0.2, -0.15) is 0 Å². The molecule has 0 bridgehead atoms. The summed E-state index contributed by atoms with van der Waals surface area (Å²) in [6, 6.07) is 2.80. The Kier molecular flexibility index (Phi) is 5.42. The molecule has 0 aliphatic carbocycles. The van der Waals surface area contributed by atoms with Crippen LogP contribution in [0.15, 0.2) is 29.7 Å². The van der Waals surface area contributed by atoms with Crippen molar-refractivity contribution in [3.8, 4) is 0 Å². The van der Waals surface area contributed by atoms with E-state index in [4.69, 9.17) is 4.74 Å². The Bertz CT molecular complexity index is 980. The number of benzene rings is 1. The van der Waals surface area contributed by atoms with E-state index in [1.165, 1.54) is 11.0 Å². The quantitative estimate of drug-likeness (QED) is 0.687. The third-order valence-corrected chi connectivity index (χ3v) is 5.99. The molecule has 0 spiro atoms. The van der Waals surface area contributed by atoms with Crippen LogP contribution in [-0.2, 0) is 25.7 Å². The van der Waals surface area contributed by atoms with Crippen molar-refractivity contribution in [1.82, 2.24) is 15.1 Å². The Labute approximate surface area is 177 Å². The van der Waals surface area contributed by atoms with Gasteiger partial charge in [0.05, 0.1) is 19.2 Å². The molecule has 3 heterocycles. The molecule has 166 valence electrons. The van der Waals surface area contributed by atoms with Crippen molar-refractivity contribution in [2.75, 3.05) is 19.7 Å². The predicted octanol–water partition coefficient (Wildman–Crippen LogP) is 1.07. The summed E-state index contributed by atoms with van der Waals surface area (Å²) in [4.78, 5) is 41.4. The number of ketones is 1. The number of aliphatic hydroxyl groups is 1. The SMILES string of the molecule is CC(C)[C@@H]1CO[C@H]2CN3CC(C(=O)NCc4ccc(F)cc4F)C(=O)C(O)=C3C(=O)N21. The molecule has 4 rings (SSSR count). The lowest BCUT2D eigenvalue weighted by atomic mass is 9.92. The molecule has 3 atom stereocenters. The van der Waals surface area contributed by atoms with Gasteiger partial charge < -0.3 is 25.0 Å². The summed E-state index contributed by atoms with van der Waals surface area (Å²) in [5.41, 5.74) is -0.0626. The van der Waals surface area contributed by atoms with Crippen LogP contribution >= 0.6 is 0 Å². The van der Waals surface area contributed by atoms with E-state index in [1.807, 2.05) is 13.8 Å². The zero-order valence-electron chi connectivity index (χ0n) is 17.1. The highest BCUT2D eigenvalue weighted by molar-refractivity contribution is 6.13. The van der Waals surface area contributed by atoms with Gasteiger partial charge in [-0.3, -0.25) is 14.4 Å². The number of hydrogen-bond donors (Lipinski definition) is 2. The number of piperazine rings is 1. The van der Waals surface area contributed by atoms with E-state index in [0.29, 0.717) is 12.7 Å². The number of allylic oxidation sites excluding steroid dienone is 1. The van der Waals surface area contributed by atoms with Crippen LogP contribution in [0, 0.1) is 23.5 Å². The van der Waals surface area contributed by atoms with E-state index in [-0.39, 0.29) is 42.9 Å². The predicted molar refractivity (Wildman–Crippen MR) is 103 cm³/mol. The highest BCUT2D eigenvalue weighted by Gasteiger charge is 2.51. The molecule has 1 aromatic rings. The van der Waals surface area contributed by atoms with Gasteiger partial charge in [0.1, 0.15) is 23.2 Å². The number of nitrogens with one attached hydrogen (secondary N) is 1. The lowest BCUT2D eigenvalue weighted by Crippen LogP contribution is -2.60. The number of nitrogens with zero attached hydrogens (tertiary/aromatic N) is 2. The Balaban J connectivity index is 1.51. The lowest BCUT2D eigenvalue weighted by Gasteiger charge is -2.44. The molecular weight excluding hydrogens is 412 g/mol. The highest BCUT2D eigenvalue weighted by atomic mass is 19.1. The van der Waals surface area contributed by atoms with Gasteiger partial charge in [-0.15, -0.1) is 0 Å². The molecule has 31 heavy (non-hydrogen) atoms. The largest absolute Gasteiger partial charge is 0.503 e. The molecule has 3 aliphatic rings. The number of ether oxygens (including phenoxy) is 1.